The second-order valence-corrected chi connectivity index (χ2v) is 8.18. The van der Waals surface area contributed by atoms with Crippen molar-refractivity contribution in [1.29, 1.82) is 0 Å². The highest BCUT2D eigenvalue weighted by Crippen LogP contribution is 2.28. The van der Waals surface area contributed by atoms with E-state index < -0.39 is 0 Å². The Morgan fingerprint density at radius 1 is 1.24 bits per heavy atom. The van der Waals surface area contributed by atoms with E-state index in [1.54, 1.807) is 7.05 Å². The van der Waals surface area contributed by atoms with Crippen molar-refractivity contribution in [3.05, 3.63) is 28.8 Å². The summed E-state index contributed by atoms with van der Waals surface area (Å²) in [6.45, 7) is 8.15. The smallest absolute Gasteiger partial charge is 0.222 e. The number of halogens is 1. The van der Waals surface area contributed by atoms with Gasteiger partial charge in [-0.05, 0) is 25.6 Å². The van der Waals surface area contributed by atoms with Crippen molar-refractivity contribution >= 4 is 29.2 Å². The molecule has 0 bridgehead atoms. The largest absolute Gasteiger partial charge is 0.369 e. The molecule has 0 aliphatic carbocycles. The van der Waals surface area contributed by atoms with E-state index in [1.807, 2.05) is 24.0 Å². The Balaban J connectivity index is 1.61. The van der Waals surface area contributed by atoms with E-state index in [-0.39, 0.29) is 11.9 Å². The van der Waals surface area contributed by atoms with Crippen LogP contribution in [0.15, 0.2) is 23.2 Å². The molecule has 0 saturated carbocycles. The molecule has 2 aliphatic rings. The number of guanidine groups is 1. The molecule has 2 fully saturated rings. The Morgan fingerprint density at radius 2 is 2.00 bits per heavy atom. The number of likely N-dealkylation sites (N-methyl/N-ethyl adjacent to an activating group) is 1. The number of hydrogen-bond donors (Lipinski definition) is 2. The number of aliphatic imine (C=N–C) groups is 1. The summed E-state index contributed by atoms with van der Waals surface area (Å²) in [6, 6.07) is 6.33. The Hall–Kier alpha value is -1.99. The highest BCUT2D eigenvalue weighted by molar-refractivity contribution is 6.31. The lowest BCUT2D eigenvalue weighted by molar-refractivity contribution is -0.129. The molecule has 0 aromatic heterocycles. The van der Waals surface area contributed by atoms with E-state index in [2.05, 4.69) is 38.5 Å². The zero-order chi connectivity index (χ0) is 20.8. The van der Waals surface area contributed by atoms with Crippen LogP contribution in [0.1, 0.15) is 25.3 Å². The standard InChI is InChI=1S/C21H33ClN6O/c1-4-20(29)28-9-8-16(15-28)25-21(23-2)24-14-17-18(22)6-5-7-19(17)27-12-10-26(3)11-13-27/h5-7,16H,4,8-15H2,1-3H3,(H2,23,24,25). The van der Waals surface area contributed by atoms with Crippen molar-refractivity contribution in [2.24, 2.45) is 4.99 Å². The Morgan fingerprint density at radius 3 is 2.69 bits per heavy atom. The number of nitrogens with zero attached hydrogens (tertiary/aromatic N) is 4. The normalized spacial score (nSPS) is 20.8. The van der Waals surface area contributed by atoms with Gasteiger partial charge in [-0.3, -0.25) is 9.79 Å². The molecular formula is C21H33ClN6O. The number of carbonyl (C=O) groups is 1. The van der Waals surface area contributed by atoms with E-state index in [0.717, 1.165) is 62.2 Å². The first-order valence-corrected chi connectivity index (χ1v) is 10.9. The van der Waals surface area contributed by atoms with Gasteiger partial charge in [-0.2, -0.15) is 0 Å². The summed E-state index contributed by atoms with van der Waals surface area (Å²) in [5.74, 6) is 0.954. The Labute approximate surface area is 179 Å². The predicted octanol–water partition coefficient (Wildman–Crippen LogP) is 1.77. The lowest BCUT2D eigenvalue weighted by Gasteiger charge is -2.35. The van der Waals surface area contributed by atoms with Crippen molar-refractivity contribution in [2.45, 2.75) is 32.4 Å². The Bertz CT molecular complexity index is 732. The first kappa shape index (κ1) is 21.7. The first-order valence-electron chi connectivity index (χ1n) is 10.5. The lowest BCUT2D eigenvalue weighted by Crippen LogP contribution is -2.46. The number of anilines is 1. The molecule has 1 unspecified atom stereocenters. The molecule has 0 spiro atoms. The fourth-order valence-corrected chi connectivity index (χ4v) is 4.19. The van der Waals surface area contributed by atoms with E-state index in [1.165, 1.54) is 5.69 Å². The molecule has 160 valence electrons. The SMILES string of the molecule is CCC(=O)N1CCC(NC(=NC)NCc2c(Cl)cccc2N2CCN(C)CC2)C1. The maximum atomic E-state index is 11.9. The molecule has 1 aromatic rings. The van der Waals surface area contributed by atoms with Gasteiger partial charge < -0.3 is 25.3 Å². The van der Waals surface area contributed by atoms with E-state index in [9.17, 15) is 4.79 Å². The number of amides is 1. The number of likely N-dealkylation sites (tertiary alicyclic amines) is 1. The summed E-state index contributed by atoms with van der Waals surface area (Å²) in [6.07, 6.45) is 1.49. The molecule has 1 atom stereocenters. The van der Waals surface area contributed by atoms with E-state index in [4.69, 9.17) is 11.6 Å². The zero-order valence-corrected chi connectivity index (χ0v) is 18.5. The average Bonchev–Trinajstić information content (AvgIpc) is 3.20. The molecule has 0 radical (unpaired) electrons. The van der Waals surface area contributed by atoms with Crippen molar-refractivity contribution in [1.82, 2.24) is 20.4 Å². The maximum absolute atomic E-state index is 11.9. The third-order valence-electron chi connectivity index (χ3n) is 5.78. The summed E-state index contributed by atoms with van der Waals surface area (Å²) in [4.78, 5) is 22.9. The number of nitrogens with one attached hydrogen (secondary N) is 2. The summed E-state index contributed by atoms with van der Waals surface area (Å²) in [5, 5.41) is 7.63. The molecule has 2 N–H and O–H groups in total. The number of piperazine rings is 1. The minimum Gasteiger partial charge on any atom is -0.369 e. The topological polar surface area (TPSA) is 63.2 Å². The van der Waals surface area contributed by atoms with Crippen LogP contribution in [0.3, 0.4) is 0 Å². The van der Waals surface area contributed by atoms with Gasteiger partial charge >= 0.3 is 0 Å². The molecule has 29 heavy (non-hydrogen) atoms. The maximum Gasteiger partial charge on any atom is 0.222 e. The molecule has 1 aromatic carbocycles. The third-order valence-corrected chi connectivity index (χ3v) is 6.13. The van der Waals surface area contributed by atoms with Gasteiger partial charge in [0.25, 0.3) is 0 Å². The van der Waals surface area contributed by atoms with Crippen LogP contribution in [0.2, 0.25) is 5.02 Å². The molecule has 3 rings (SSSR count). The van der Waals surface area contributed by atoms with Gasteiger partial charge in [0.2, 0.25) is 5.91 Å². The van der Waals surface area contributed by atoms with E-state index in [0.29, 0.717) is 13.0 Å². The highest BCUT2D eigenvalue weighted by atomic mass is 35.5. The number of hydrogen-bond acceptors (Lipinski definition) is 4. The summed E-state index contributed by atoms with van der Waals surface area (Å²) >= 11 is 6.56. The van der Waals surface area contributed by atoms with Gasteiger partial charge in [0, 0.05) is 81.6 Å². The quantitative estimate of drug-likeness (QED) is 0.561. The van der Waals surface area contributed by atoms with Gasteiger partial charge in [-0.1, -0.05) is 24.6 Å². The monoisotopic (exact) mass is 420 g/mol. The minimum atomic E-state index is 0.213. The fourth-order valence-electron chi connectivity index (χ4n) is 3.95. The van der Waals surface area contributed by atoms with Crippen LogP contribution in [-0.2, 0) is 11.3 Å². The van der Waals surface area contributed by atoms with Crippen molar-refractivity contribution in [3.8, 4) is 0 Å². The molecule has 2 heterocycles. The minimum absolute atomic E-state index is 0.213. The van der Waals surface area contributed by atoms with Crippen molar-refractivity contribution in [2.75, 3.05) is 58.3 Å². The molecule has 8 heteroatoms. The second-order valence-electron chi connectivity index (χ2n) is 7.78. The average molecular weight is 421 g/mol. The van der Waals surface area contributed by atoms with Gasteiger partial charge in [0.05, 0.1) is 0 Å². The van der Waals surface area contributed by atoms with Gasteiger partial charge in [-0.25, -0.2) is 0 Å². The van der Waals surface area contributed by atoms with Crippen LogP contribution in [0.4, 0.5) is 5.69 Å². The van der Waals surface area contributed by atoms with Crippen LogP contribution in [-0.4, -0.2) is 81.1 Å². The molecule has 7 nitrogen and oxygen atoms in total. The number of benzene rings is 1. The van der Waals surface area contributed by atoms with Crippen LogP contribution >= 0.6 is 11.6 Å². The van der Waals surface area contributed by atoms with Gasteiger partial charge in [-0.15, -0.1) is 0 Å². The van der Waals surface area contributed by atoms with E-state index >= 15 is 0 Å². The van der Waals surface area contributed by atoms with Gasteiger partial charge in [0.1, 0.15) is 0 Å². The fraction of sp³-hybridized carbons (Fsp3) is 0.619. The third kappa shape index (κ3) is 5.54. The highest BCUT2D eigenvalue weighted by Gasteiger charge is 2.26. The zero-order valence-electron chi connectivity index (χ0n) is 17.7. The summed E-state index contributed by atoms with van der Waals surface area (Å²) < 4.78 is 0. The number of rotatable bonds is 5. The number of carbonyl (C=O) groups excluding carboxylic acids is 1. The second kappa shape index (κ2) is 10.2. The molecule has 2 aliphatic heterocycles. The Kier molecular flexibility index (Phi) is 7.61. The predicted molar refractivity (Wildman–Crippen MR) is 120 cm³/mol. The van der Waals surface area contributed by atoms with Crippen LogP contribution in [0.5, 0.6) is 0 Å². The molecule has 2 saturated heterocycles. The molecule has 1 amide bonds. The summed E-state index contributed by atoms with van der Waals surface area (Å²) in [5.41, 5.74) is 2.28. The van der Waals surface area contributed by atoms with Crippen LogP contribution in [0, 0.1) is 0 Å². The van der Waals surface area contributed by atoms with Gasteiger partial charge in [0.15, 0.2) is 5.96 Å². The molecular weight excluding hydrogens is 388 g/mol. The first-order chi connectivity index (χ1) is 14.0. The van der Waals surface area contributed by atoms with Crippen LogP contribution in [0.25, 0.3) is 0 Å². The van der Waals surface area contributed by atoms with Crippen molar-refractivity contribution < 1.29 is 4.79 Å². The lowest BCUT2D eigenvalue weighted by atomic mass is 10.1. The summed E-state index contributed by atoms with van der Waals surface area (Å²) in [7, 11) is 3.93. The van der Waals surface area contributed by atoms with Crippen LogP contribution < -0.4 is 15.5 Å². The van der Waals surface area contributed by atoms with Crippen molar-refractivity contribution in [3.63, 3.8) is 0 Å².